The predicted molar refractivity (Wildman–Crippen MR) is 81.4 cm³/mol. The molecule has 0 saturated carbocycles. The Hall–Kier alpha value is -0.820. The zero-order valence-corrected chi connectivity index (χ0v) is 13.8. The van der Waals surface area contributed by atoms with Crippen LogP contribution in [0.1, 0.15) is 12.8 Å². The van der Waals surface area contributed by atoms with Gasteiger partial charge in [-0.25, -0.2) is 12.7 Å². The van der Waals surface area contributed by atoms with Gasteiger partial charge in [0.1, 0.15) is 5.75 Å². The topological polar surface area (TPSA) is 55.8 Å². The van der Waals surface area contributed by atoms with E-state index in [2.05, 4.69) is 0 Å². The van der Waals surface area contributed by atoms with Crippen LogP contribution in [-0.4, -0.2) is 46.6 Å². The van der Waals surface area contributed by atoms with Crippen molar-refractivity contribution in [3.05, 3.63) is 23.2 Å². The summed E-state index contributed by atoms with van der Waals surface area (Å²) in [6.45, 7) is 1.90. The van der Waals surface area contributed by atoms with Crippen molar-refractivity contribution in [3.8, 4) is 5.75 Å². The molecule has 0 unspecified atom stereocenters. The first-order valence-corrected chi connectivity index (χ1v) is 8.64. The summed E-state index contributed by atoms with van der Waals surface area (Å²) in [5.41, 5.74) is 0. The molecule has 1 aromatic rings. The standard InChI is InChI=1S/C14H20ClNO4S/c1-16(10-11-5-7-20-8-6-11)21(17,18)12-3-4-14(19-2)13(15)9-12/h3-4,9,11H,5-8,10H2,1-2H3. The molecule has 1 fully saturated rings. The van der Waals surface area contributed by atoms with Crippen molar-refractivity contribution < 1.29 is 17.9 Å². The van der Waals surface area contributed by atoms with Gasteiger partial charge in [0.25, 0.3) is 0 Å². The Morgan fingerprint density at radius 1 is 1.38 bits per heavy atom. The Balaban J connectivity index is 2.14. The minimum Gasteiger partial charge on any atom is -0.495 e. The zero-order valence-electron chi connectivity index (χ0n) is 12.2. The number of benzene rings is 1. The van der Waals surface area contributed by atoms with Gasteiger partial charge in [-0.3, -0.25) is 0 Å². The second-order valence-corrected chi connectivity index (χ2v) is 7.59. The van der Waals surface area contributed by atoms with Crippen LogP contribution in [0.5, 0.6) is 5.75 Å². The summed E-state index contributed by atoms with van der Waals surface area (Å²) < 4.78 is 36.8. The van der Waals surface area contributed by atoms with E-state index in [1.165, 1.54) is 23.5 Å². The van der Waals surface area contributed by atoms with Crippen LogP contribution >= 0.6 is 11.6 Å². The molecular formula is C14H20ClNO4S. The SMILES string of the molecule is COc1ccc(S(=O)(=O)N(C)CC2CCOCC2)cc1Cl. The van der Waals surface area contributed by atoms with Crippen molar-refractivity contribution in [2.75, 3.05) is 33.9 Å². The molecule has 0 bridgehead atoms. The Labute approximate surface area is 130 Å². The van der Waals surface area contributed by atoms with Crippen LogP contribution in [0.25, 0.3) is 0 Å². The maximum absolute atomic E-state index is 12.6. The van der Waals surface area contributed by atoms with Crippen LogP contribution in [0.15, 0.2) is 23.1 Å². The molecule has 1 aliphatic rings. The van der Waals surface area contributed by atoms with E-state index in [1.807, 2.05) is 0 Å². The fourth-order valence-corrected chi connectivity index (χ4v) is 3.97. The molecule has 0 atom stereocenters. The molecule has 0 aliphatic carbocycles. The molecule has 0 N–H and O–H groups in total. The van der Waals surface area contributed by atoms with E-state index in [0.717, 1.165) is 12.8 Å². The molecule has 1 aromatic carbocycles. The van der Waals surface area contributed by atoms with E-state index in [0.29, 0.717) is 31.4 Å². The van der Waals surface area contributed by atoms with E-state index < -0.39 is 10.0 Å². The molecule has 7 heteroatoms. The average molecular weight is 334 g/mol. The lowest BCUT2D eigenvalue weighted by Crippen LogP contribution is -2.34. The highest BCUT2D eigenvalue weighted by atomic mass is 35.5. The van der Waals surface area contributed by atoms with E-state index >= 15 is 0 Å². The molecule has 118 valence electrons. The first kappa shape index (κ1) is 16.5. The minimum absolute atomic E-state index is 0.183. The maximum atomic E-state index is 12.6. The summed E-state index contributed by atoms with van der Waals surface area (Å²) in [7, 11) is -0.440. The molecule has 1 heterocycles. The quantitative estimate of drug-likeness (QED) is 0.830. The van der Waals surface area contributed by atoms with E-state index in [4.69, 9.17) is 21.1 Å². The normalized spacial score (nSPS) is 17.1. The fraction of sp³-hybridized carbons (Fsp3) is 0.571. The van der Waals surface area contributed by atoms with Crippen LogP contribution < -0.4 is 4.74 Å². The van der Waals surface area contributed by atoms with Crippen molar-refractivity contribution in [2.24, 2.45) is 5.92 Å². The second kappa shape index (κ2) is 6.96. The van der Waals surface area contributed by atoms with Crippen molar-refractivity contribution in [2.45, 2.75) is 17.7 Å². The Morgan fingerprint density at radius 2 is 2.05 bits per heavy atom. The molecular weight excluding hydrogens is 314 g/mol. The summed E-state index contributed by atoms with van der Waals surface area (Å²) >= 11 is 6.01. The van der Waals surface area contributed by atoms with Gasteiger partial charge in [-0.15, -0.1) is 0 Å². The zero-order chi connectivity index (χ0) is 15.5. The minimum atomic E-state index is -3.53. The predicted octanol–water partition coefficient (Wildman–Crippen LogP) is 2.40. The molecule has 0 amide bonds. The number of halogens is 1. The number of methoxy groups -OCH3 is 1. The Bertz CT molecular complexity index is 585. The molecule has 0 spiro atoms. The van der Waals surface area contributed by atoms with Crippen molar-refractivity contribution >= 4 is 21.6 Å². The summed E-state index contributed by atoms with van der Waals surface area (Å²) in [6.07, 6.45) is 1.78. The van der Waals surface area contributed by atoms with E-state index in [-0.39, 0.29) is 9.92 Å². The molecule has 1 saturated heterocycles. The van der Waals surface area contributed by atoms with Gasteiger partial charge in [0, 0.05) is 26.8 Å². The van der Waals surface area contributed by atoms with Crippen LogP contribution in [0.2, 0.25) is 5.02 Å². The van der Waals surface area contributed by atoms with Gasteiger partial charge >= 0.3 is 0 Å². The van der Waals surface area contributed by atoms with Crippen LogP contribution in [-0.2, 0) is 14.8 Å². The maximum Gasteiger partial charge on any atom is 0.242 e. The number of hydrogen-bond acceptors (Lipinski definition) is 4. The summed E-state index contributed by atoms with van der Waals surface area (Å²) in [4.78, 5) is 0.183. The lowest BCUT2D eigenvalue weighted by Gasteiger charge is -2.26. The first-order valence-electron chi connectivity index (χ1n) is 6.82. The first-order chi connectivity index (χ1) is 9.95. The van der Waals surface area contributed by atoms with Gasteiger partial charge in [-0.05, 0) is 37.0 Å². The number of rotatable bonds is 5. The Kier molecular flexibility index (Phi) is 5.48. The van der Waals surface area contributed by atoms with Gasteiger partial charge in [0.05, 0.1) is 17.0 Å². The lowest BCUT2D eigenvalue weighted by molar-refractivity contribution is 0.0620. The lowest BCUT2D eigenvalue weighted by atomic mass is 10.0. The van der Waals surface area contributed by atoms with Gasteiger partial charge in [0.2, 0.25) is 10.0 Å². The van der Waals surface area contributed by atoms with Crippen molar-refractivity contribution in [3.63, 3.8) is 0 Å². The third-order valence-corrected chi connectivity index (χ3v) is 5.80. The monoisotopic (exact) mass is 333 g/mol. The van der Waals surface area contributed by atoms with Gasteiger partial charge in [-0.1, -0.05) is 11.6 Å². The second-order valence-electron chi connectivity index (χ2n) is 5.14. The van der Waals surface area contributed by atoms with Crippen LogP contribution in [0.3, 0.4) is 0 Å². The van der Waals surface area contributed by atoms with Crippen molar-refractivity contribution in [1.29, 1.82) is 0 Å². The van der Waals surface area contributed by atoms with E-state index in [1.54, 1.807) is 13.1 Å². The smallest absolute Gasteiger partial charge is 0.242 e. The summed E-state index contributed by atoms with van der Waals surface area (Å²) in [5.74, 6) is 0.801. The number of ether oxygens (including phenoxy) is 2. The number of sulfonamides is 1. The molecule has 1 aliphatic heterocycles. The highest BCUT2D eigenvalue weighted by molar-refractivity contribution is 7.89. The highest BCUT2D eigenvalue weighted by Crippen LogP contribution is 2.28. The van der Waals surface area contributed by atoms with Gasteiger partial charge in [-0.2, -0.15) is 0 Å². The average Bonchev–Trinajstić information content (AvgIpc) is 2.48. The largest absolute Gasteiger partial charge is 0.495 e. The molecule has 0 aromatic heterocycles. The Morgan fingerprint density at radius 3 is 2.62 bits per heavy atom. The summed E-state index contributed by atoms with van der Waals surface area (Å²) in [5, 5.41) is 0.290. The molecule has 2 rings (SSSR count). The molecule has 5 nitrogen and oxygen atoms in total. The van der Waals surface area contributed by atoms with E-state index in [9.17, 15) is 8.42 Å². The number of hydrogen-bond donors (Lipinski definition) is 0. The van der Waals surface area contributed by atoms with Gasteiger partial charge < -0.3 is 9.47 Å². The highest BCUT2D eigenvalue weighted by Gasteiger charge is 2.25. The van der Waals surface area contributed by atoms with Crippen LogP contribution in [0, 0.1) is 5.92 Å². The third kappa shape index (κ3) is 3.88. The molecule has 0 radical (unpaired) electrons. The fourth-order valence-electron chi connectivity index (χ4n) is 2.38. The molecule has 21 heavy (non-hydrogen) atoms. The van der Waals surface area contributed by atoms with Gasteiger partial charge in [0.15, 0.2) is 0 Å². The van der Waals surface area contributed by atoms with Crippen LogP contribution in [0.4, 0.5) is 0 Å². The van der Waals surface area contributed by atoms with Crippen molar-refractivity contribution in [1.82, 2.24) is 4.31 Å². The number of nitrogens with zero attached hydrogens (tertiary/aromatic N) is 1. The third-order valence-electron chi connectivity index (χ3n) is 3.69. The summed E-state index contributed by atoms with van der Waals surface area (Å²) in [6, 6.07) is 4.51.